The van der Waals surface area contributed by atoms with Gasteiger partial charge in [-0.15, -0.1) is 0 Å². The highest BCUT2D eigenvalue weighted by Crippen LogP contribution is 2.21. The van der Waals surface area contributed by atoms with Crippen LogP contribution in [-0.4, -0.2) is 64.7 Å². The number of amides is 1. The maximum atomic E-state index is 13.0. The first-order valence-electron chi connectivity index (χ1n) is 11.2. The molecule has 0 unspecified atom stereocenters. The summed E-state index contributed by atoms with van der Waals surface area (Å²) in [6, 6.07) is 11.4. The lowest BCUT2D eigenvalue weighted by atomic mass is 10.1. The summed E-state index contributed by atoms with van der Waals surface area (Å²) in [6.07, 6.45) is 2.60. The fourth-order valence-corrected chi connectivity index (χ4v) is 4.28. The van der Waals surface area contributed by atoms with E-state index in [4.69, 9.17) is 9.15 Å². The van der Waals surface area contributed by atoms with Crippen LogP contribution >= 0.6 is 0 Å². The second-order valence-corrected chi connectivity index (χ2v) is 8.33. The van der Waals surface area contributed by atoms with E-state index in [0.29, 0.717) is 31.5 Å². The maximum absolute atomic E-state index is 13.0. The van der Waals surface area contributed by atoms with E-state index in [0.717, 1.165) is 48.0 Å². The van der Waals surface area contributed by atoms with Gasteiger partial charge in [-0.3, -0.25) is 14.5 Å². The number of rotatable bonds is 7. The Hall–Kier alpha value is -3.39. The topological polar surface area (TPSA) is 80.8 Å². The van der Waals surface area contributed by atoms with Gasteiger partial charge in [0.1, 0.15) is 5.76 Å². The quantitative estimate of drug-likeness (QED) is 0.515. The highest BCUT2D eigenvalue weighted by molar-refractivity contribution is 5.94. The van der Waals surface area contributed by atoms with Crippen LogP contribution in [-0.2, 0) is 22.5 Å². The Balaban J connectivity index is 1.38. The summed E-state index contributed by atoms with van der Waals surface area (Å²) >= 11 is 0. The van der Waals surface area contributed by atoms with Crippen molar-refractivity contribution in [2.75, 3.05) is 33.3 Å². The maximum Gasteiger partial charge on any atom is 0.305 e. The third kappa shape index (κ3) is 5.17. The van der Waals surface area contributed by atoms with Gasteiger partial charge in [0.15, 0.2) is 0 Å². The number of piperazine rings is 1. The number of esters is 1. The molecule has 3 aromatic rings. The van der Waals surface area contributed by atoms with Gasteiger partial charge in [0.25, 0.3) is 5.91 Å². The number of ether oxygens (including phenoxy) is 1. The summed E-state index contributed by atoms with van der Waals surface area (Å²) in [5.74, 6) is 0.764. The molecule has 0 spiro atoms. The van der Waals surface area contributed by atoms with Gasteiger partial charge in [-0.1, -0.05) is 0 Å². The van der Waals surface area contributed by atoms with Gasteiger partial charge >= 0.3 is 5.97 Å². The molecule has 1 aliphatic heterocycles. The Labute approximate surface area is 193 Å². The van der Waals surface area contributed by atoms with E-state index in [1.54, 1.807) is 6.26 Å². The molecule has 0 atom stereocenters. The molecule has 4 rings (SSSR count). The van der Waals surface area contributed by atoms with Crippen molar-refractivity contribution in [1.29, 1.82) is 0 Å². The highest BCUT2D eigenvalue weighted by atomic mass is 16.5. The van der Waals surface area contributed by atoms with E-state index in [9.17, 15) is 9.59 Å². The zero-order valence-corrected chi connectivity index (χ0v) is 19.4. The van der Waals surface area contributed by atoms with Gasteiger partial charge in [0.05, 0.1) is 31.3 Å². The van der Waals surface area contributed by atoms with Crippen LogP contribution in [0.1, 0.15) is 39.5 Å². The van der Waals surface area contributed by atoms with E-state index in [-0.39, 0.29) is 11.9 Å². The van der Waals surface area contributed by atoms with Crippen molar-refractivity contribution < 1.29 is 18.7 Å². The van der Waals surface area contributed by atoms with Crippen LogP contribution in [0.3, 0.4) is 0 Å². The zero-order chi connectivity index (χ0) is 23.4. The molecule has 8 nitrogen and oxygen atoms in total. The molecule has 0 aliphatic carbocycles. The van der Waals surface area contributed by atoms with Crippen LogP contribution in [0.25, 0.3) is 5.69 Å². The van der Waals surface area contributed by atoms with E-state index < -0.39 is 0 Å². The van der Waals surface area contributed by atoms with Crippen LogP contribution in [0.15, 0.2) is 47.1 Å². The Morgan fingerprint density at radius 2 is 1.79 bits per heavy atom. The number of furan rings is 1. The number of hydrogen-bond donors (Lipinski definition) is 0. The SMILES string of the molecule is COC(=O)CCc1c(C)nn(-c2ccc(C(=O)N3CCN(Cc4ccco4)CC3)cc2)c1C. The van der Waals surface area contributed by atoms with Crippen LogP contribution < -0.4 is 0 Å². The first kappa shape index (κ1) is 22.8. The number of benzene rings is 1. The molecule has 1 aliphatic rings. The summed E-state index contributed by atoms with van der Waals surface area (Å²) < 4.78 is 12.0. The molecule has 174 valence electrons. The van der Waals surface area contributed by atoms with Crippen molar-refractivity contribution in [3.8, 4) is 5.69 Å². The summed E-state index contributed by atoms with van der Waals surface area (Å²) in [6.45, 7) is 7.75. The second-order valence-electron chi connectivity index (χ2n) is 8.33. The van der Waals surface area contributed by atoms with Crippen molar-refractivity contribution in [3.05, 3.63) is 70.9 Å². The normalized spacial score (nSPS) is 14.5. The molecule has 2 aromatic heterocycles. The van der Waals surface area contributed by atoms with Gasteiger partial charge in [0.2, 0.25) is 0 Å². The first-order chi connectivity index (χ1) is 16.0. The number of aromatic nitrogens is 2. The fourth-order valence-electron chi connectivity index (χ4n) is 4.28. The monoisotopic (exact) mass is 450 g/mol. The lowest BCUT2D eigenvalue weighted by Gasteiger charge is -2.34. The smallest absolute Gasteiger partial charge is 0.305 e. The van der Waals surface area contributed by atoms with Crippen molar-refractivity contribution in [1.82, 2.24) is 19.6 Å². The third-order valence-corrected chi connectivity index (χ3v) is 6.23. The molecule has 1 saturated heterocycles. The molecular weight excluding hydrogens is 420 g/mol. The summed E-state index contributed by atoms with van der Waals surface area (Å²) in [7, 11) is 1.40. The molecule has 0 bridgehead atoms. The van der Waals surface area contributed by atoms with Crippen molar-refractivity contribution in [3.63, 3.8) is 0 Å². The zero-order valence-electron chi connectivity index (χ0n) is 19.4. The fraction of sp³-hybridized carbons (Fsp3) is 0.400. The Bertz CT molecular complexity index is 1090. The molecular formula is C25H30N4O4. The van der Waals surface area contributed by atoms with E-state index in [2.05, 4.69) is 10.00 Å². The second kappa shape index (κ2) is 10.0. The number of methoxy groups -OCH3 is 1. The van der Waals surface area contributed by atoms with E-state index in [1.807, 2.05) is 59.8 Å². The van der Waals surface area contributed by atoms with Gasteiger partial charge in [-0.25, -0.2) is 4.68 Å². The standard InChI is InChI=1S/C25H30N4O4/c1-18-23(10-11-24(30)32-3)19(2)29(26-18)21-8-6-20(7-9-21)25(31)28-14-12-27(13-15-28)17-22-5-4-16-33-22/h4-9,16H,10-15,17H2,1-3H3. The molecule has 0 saturated carbocycles. The number of aryl methyl sites for hydroxylation is 1. The molecule has 1 aromatic carbocycles. The van der Waals surface area contributed by atoms with Crippen molar-refractivity contribution >= 4 is 11.9 Å². The first-order valence-corrected chi connectivity index (χ1v) is 11.2. The van der Waals surface area contributed by atoms with Crippen LogP contribution in [0.4, 0.5) is 0 Å². The van der Waals surface area contributed by atoms with Crippen molar-refractivity contribution in [2.24, 2.45) is 0 Å². The molecule has 33 heavy (non-hydrogen) atoms. The van der Waals surface area contributed by atoms with E-state index >= 15 is 0 Å². The molecule has 1 fully saturated rings. The average Bonchev–Trinajstić information content (AvgIpc) is 3.45. The Morgan fingerprint density at radius 3 is 2.42 bits per heavy atom. The number of hydrogen-bond acceptors (Lipinski definition) is 6. The van der Waals surface area contributed by atoms with Crippen molar-refractivity contribution in [2.45, 2.75) is 33.2 Å². The summed E-state index contributed by atoms with van der Waals surface area (Å²) in [5, 5.41) is 4.64. The van der Waals surface area contributed by atoms with E-state index in [1.165, 1.54) is 7.11 Å². The lowest BCUT2D eigenvalue weighted by molar-refractivity contribution is -0.140. The minimum Gasteiger partial charge on any atom is -0.469 e. The minimum absolute atomic E-state index is 0.0475. The highest BCUT2D eigenvalue weighted by Gasteiger charge is 2.23. The predicted octanol–water partition coefficient (Wildman–Crippen LogP) is 3.15. The summed E-state index contributed by atoms with van der Waals surface area (Å²) in [4.78, 5) is 28.7. The average molecular weight is 451 g/mol. The Kier molecular flexibility index (Phi) is 6.93. The minimum atomic E-state index is -0.230. The van der Waals surface area contributed by atoms with Crippen LogP contribution in [0.2, 0.25) is 0 Å². The van der Waals surface area contributed by atoms with Crippen LogP contribution in [0.5, 0.6) is 0 Å². The number of nitrogens with zero attached hydrogens (tertiary/aromatic N) is 4. The number of carbonyl (C=O) groups is 2. The molecule has 0 radical (unpaired) electrons. The molecule has 0 N–H and O–H groups in total. The predicted molar refractivity (Wildman–Crippen MR) is 123 cm³/mol. The molecule has 8 heteroatoms. The number of carbonyl (C=O) groups excluding carboxylic acids is 2. The van der Waals surface area contributed by atoms with Crippen LogP contribution in [0, 0.1) is 13.8 Å². The van der Waals surface area contributed by atoms with Gasteiger partial charge in [0, 0.05) is 43.9 Å². The van der Waals surface area contributed by atoms with Gasteiger partial charge < -0.3 is 14.1 Å². The van der Waals surface area contributed by atoms with Gasteiger partial charge in [-0.05, 0) is 62.2 Å². The largest absolute Gasteiger partial charge is 0.469 e. The Morgan fingerprint density at radius 1 is 1.06 bits per heavy atom. The van der Waals surface area contributed by atoms with Gasteiger partial charge in [-0.2, -0.15) is 5.10 Å². The summed E-state index contributed by atoms with van der Waals surface area (Å²) in [5.41, 5.74) is 4.49. The lowest BCUT2D eigenvalue weighted by Crippen LogP contribution is -2.48. The molecule has 3 heterocycles. The molecule has 1 amide bonds. The third-order valence-electron chi connectivity index (χ3n) is 6.23.